The van der Waals surface area contributed by atoms with Crippen LogP contribution in [0.25, 0.3) is 11.1 Å². The Morgan fingerprint density at radius 1 is 0.521 bits per heavy atom. The number of thioether (sulfide) groups is 1. The van der Waals surface area contributed by atoms with E-state index in [1.807, 2.05) is 105 Å². The Hall–Kier alpha value is -5.74. The lowest BCUT2D eigenvalue weighted by atomic mass is 9.99. The van der Waals surface area contributed by atoms with E-state index in [1.54, 1.807) is 11.8 Å². The third-order valence-electron chi connectivity index (χ3n) is 12.3. The second-order valence-corrected chi connectivity index (χ2v) is 19.9. The van der Waals surface area contributed by atoms with E-state index in [0.29, 0.717) is 31.4 Å². The Morgan fingerprint density at radius 2 is 0.958 bits per heavy atom. The molecule has 9 N–H and O–H groups in total. The summed E-state index contributed by atoms with van der Waals surface area (Å²) >= 11 is 1.55. The van der Waals surface area contributed by atoms with Crippen molar-refractivity contribution in [1.82, 2.24) is 26.6 Å². The van der Waals surface area contributed by atoms with Gasteiger partial charge in [-0.15, -0.1) is 0 Å². The number of amides is 6. The predicted octanol–water partition coefficient (Wildman–Crippen LogP) is 6.77. The first-order valence-electron chi connectivity index (χ1n) is 25.4. The third kappa shape index (κ3) is 24.3. The summed E-state index contributed by atoms with van der Waals surface area (Å²) in [5, 5.41) is 33.7. The second kappa shape index (κ2) is 33.8. The first-order valence-corrected chi connectivity index (χ1v) is 26.8. The minimum Gasteiger partial charge on any atom is -0.480 e. The van der Waals surface area contributed by atoms with Gasteiger partial charge in [-0.2, -0.15) is 11.8 Å². The molecule has 3 aromatic carbocycles. The highest BCUT2D eigenvalue weighted by molar-refractivity contribution is 7.98. The van der Waals surface area contributed by atoms with Crippen LogP contribution in [0.2, 0.25) is 0 Å². The fraction of sp³-hybridized carbons (Fsp3) is 0.545. The molecule has 15 nitrogen and oxygen atoms in total. The van der Waals surface area contributed by atoms with Crippen molar-refractivity contribution in [3.8, 4) is 11.1 Å². The van der Waals surface area contributed by atoms with Crippen LogP contribution < -0.4 is 32.3 Å². The summed E-state index contributed by atoms with van der Waals surface area (Å²) in [6.45, 7) is 5.19. The molecule has 0 saturated carbocycles. The fourth-order valence-corrected chi connectivity index (χ4v) is 8.71. The molecule has 0 aliphatic rings. The highest BCUT2D eigenvalue weighted by Gasteiger charge is 2.32. The number of carboxylic acid groups (broad SMARTS) is 1. The third-order valence-corrected chi connectivity index (χ3v) is 12.9. The molecule has 0 aliphatic carbocycles. The molecule has 390 valence electrons. The van der Waals surface area contributed by atoms with E-state index >= 15 is 0 Å². The van der Waals surface area contributed by atoms with Crippen molar-refractivity contribution in [3.05, 3.63) is 96.1 Å². The Balaban J connectivity index is 1.28. The van der Waals surface area contributed by atoms with Crippen LogP contribution in [0.15, 0.2) is 84.9 Å². The maximum absolute atomic E-state index is 13.6. The second-order valence-electron chi connectivity index (χ2n) is 18.9. The summed E-state index contributed by atoms with van der Waals surface area (Å²) < 4.78 is 0. The molecule has 0 fully saturated rings. The summed E-state index contributed by atoms with van der Waals surface area (Å²) in [6.07, 6.45) is 13.8. The van der Waals surface area contributed by atoms with E-state index in [0.717, 1.165) is 86.5 Å². The van der Waals surface area contributed by atoms with Crippen molar-refractivity contribution in [2.75, 3.05) is 12.0 Å². The summed E-state index contributed by atoms with van der Waals surface area (Å²) in [7, 11) is 0. The van der Waals surface area contributed by atoms with Crippen LogP contribution in [-0.4, -0.2) is 99.9 Å². The molecule has 0 aliphatic heterocycles. The minimum absolute atomic E-state index is 0.0121. The Kier molecular flexibility index (Phi) is 28.3. The summed E-state index contributed by atoms with van der Waals surface area (Å²) in [5.41, 5.74) is 9.36. The van der Waals surface area contributed by atoms with Crippen LogP contribution in [0.3, 0.4) is 0 Å². The lowest BCUT2D eigenvalue weighted by molar-refractivity contribution is -0.142. The minimum atomic E-state index is -1.28. The molecule has 0 bridgehead atoms. The van der Waals surface area contributed by atoms with Crippen molar-refractivity contribution in [1.29, 1.82) is 0 Å². The average molecular weight is 1000 g/mol. The number of hydrogen-bond donors (Lipinski definition) is 8. The van der Waals surface area contributed by atoms with Gasteiger partial charge in [0.15, 0.2) is 0 Å². The highest BCUT2D eigenvalue weighted by Crippen LogP contribution is 2.20. The number of aliphatic carboxylic acids is 1. The smallest absolute Gasteiger partial charge is 0.326 e. The van der Waals surface area contributed by atoms with Gasteiger partial charge < -0.3 is 42.5 Å². The van der Waals surface area contributed by atoms with Crippen LogP contribution in [0, 0.1) is 5.92 Å². The van der Waals surface area contributed by atoms with Gasteiger partial charge in [0, 0.05) is 25.7 Å². The number of primary amides is 1. The first kappa shape index (κ1) is 59.6. The number of nitrogens with two attached hydrogens (primary N) is 1. The lowest BCUT2D eigenvalue weighted by Crippen LogP contribution is -2.59. The zero-order chi connectivity index (χ0) is 52.0. The Labute approximate surface area is 425 Å². The number of hydrogen-bond acceptors (Lipinski definition) is 9. The van der Waals surface area contributed by atoms with E-state index in [2.05, 4.69) is 26.6 Å². The molecule has 6 amide bonds. The molecule has 1 unspecified atom stereocenters. The molecule has 16 heteroatoms. The van der Waals surface area contributed by atoms with E-state index in [1.165, 1.54) is 6.92 Å². The molecule has 6 atom stereocenters. The van der Waals surface area contributed by atoms with E-state index in [9.17, 15) is 43.8 Å². The number of carbonyl (C=O) groups is 7. The predicted molar refractivity (Wildman–Crippen MR) is 281 cm³/mol. The van der Waals surface area contributed by atoms with Gasteiger partial charge in [-0.3, -0.25) is 28.8 Å². The van der Waals surface area contributed by atoms with Crippen molar-refractivity contribution in [2.45, 2.75) is 173 Å². The molecular weight excluding hydrogens is 921 g/mol. The molecule has 3 aromatic rings. The van der Waals surface area contributed by atoms with Crippen LogP contribution in [0.5, 0.6) is 0 Å². The SMILES string of the molecule is CSCC[C@H](NC(=O)CCCCCCCCCCCCCCC(=O)N[C@H](C(=O)N[C@@H](CC(C)C)C(=O)N[C@@H](Cc1ccc(-c2ccccc2)cc1)C(N)=O)C(C)O)C(=O)N[C@@H](Cc1ccccc1)C(=O)O. The molecular formula is C55H80N6O9S. The van der Waals surface area contributed by atoms with Gasteiger partial charge in [0.1, 0.15) is 30.2 Å². The average Bonchev–Trinajstić information content (AvgIpc) is 3.34. The molecule has 0 saturated heterocycles. The summed E-state index contributed by atoms with van der Waals surface area (Å²) in [5.74, 6) is -3.57. The molecule has 3 rings (SSSR count). The van der Waals surface area contributed by atoms with Gasteiger partial charge in [0.05, 0.1) is 6.10 Å². The maximum atomic E-state index is 13.6. The topological polar surface area (TPSA) is 246 Å². The number of unbranched alkanes of at least 4 members (excludes halogenated alkanes) is 11. The first-order chi connectivity index (χ1) is 34.1. The number of aliphatic hydroxyl groups excluding tert-OH is 1. The number of nitrogens with one attached hydrogen (secondary N) is 5. The van der Waals surface area contributed by atoms with Crippen LogP contribution in [0.1, 0.15) is 135 Å². The summed E-state index contributed by atoms with van der Waals surface area (Å²) in [6, 6.07) is 21.3. The van der Waals surface area contributed by atoms with Crippen molar-refractivity contribution >= 4 is 53.2 Å². The number of carboxylic acids is 1. The molecule has 0 spiro atoms. The standard InChI is InChI=1S/C55H80N6O9S/c1-38(2)35-46(53(67)58-45(51(56)65)36-41-29-31-43(32-30-41)42-25-19-16-20-26-42)59-54(68)50(39(3)62)61-49(64)28-22-14-12-10-8-6-5-7-9-11-13-21-27-48(63)57-44(33-34-71-4)52(66)60-47(55(69)70)37-40-23-17-15-18-24-40/h15-20,23-26,29-32,38-39,44-47,50,62H,5-14,21-22,27-28,33-37H2,1-4H3,(H2,56,65)(H,57,63)(H,58,67)(H,59,68)(H,60,66)(H,61,64)(H,69,70)/t39?,44-,45-,46-,47-,50-/m0/s1. The van der Waals surface area contributed by atoms with Gasteiger partial charge in [0.2, 0.25) is 35.4 Å². The van der Waals surface area contributed by atoms with Crippen molar-refractivity contribution in [3.63, 3.8) is 0 Å². The number of rotatable bonds is 36. The van der Waals surface area contributed by atoms with Crippen molar-refractivity contribution in [2.24, 2.45) is 11.7 Å². The normalized spacial score (nSPS) is 13.7. The highest BCUT2D eigenvalue weighted by atomic mass is 32.2. The van der Waals surface area contributed by atoms with E-state index in [4.69, 9.17) is 5.73 Å². The van der Waals surface area contributed by atoms with Gasteiger partial charge >= 0.3 is 5.97 Å². The van der Waals surface area contributed by atoms with Gasteiger partial charge in [-0.05, 0) is 72.8 Å². The zero-order valence-electron chi connectivity index (χ0n) is 42.3. The number of aliphatic hydroxyl groups is 1. The maximum Gasteiger partial charge on any atom is 0.326 e. The summed E-state index contributed by atoms with van der Waals surface area (Å²) in [4.78, 5) is 90.1. The lowest BCUT2D eigenvalue weighted by Gasteiger charge is -2.27. The van der Waals surface area contributed by atoms with Gasteiger partial charge in [-0.1, -0.05) is 163 Å². The fourth-order valence-electron chi connectivity index (χ4n) is 8.24. The molecule has 0 radical (unpaired) electrons. The largest absolute Gasteiger partial charge is 0.480 e. The molecule has 0 aromatic heterocycles. The monoisotopic (exact) mass is 1000 g/mol. The quantitative estimate of drug-likeness (QED) is 0.0284. The number of benzene rings is 3. The molecule has 71 heavy (non-hydrogen) atoms. The van der Waals surface area contributed by atoms with Crippen molar-refractivity contribution < 1.29 is 43.8 Å². The molecule has 0 heterocycles. The van der Waals surface area contributed by atoms with Gasteiger partial charge in [-0.25, -0.2) is 4.79 Å². The van der Waals surface area contributed by atoms with Crippen LogP contribution >= 0.6 is 11.8 Å². The van der Waals surface area contributed by atoms with Crippen LogP contribution in [0.4, 0.5) is 0 Å². The van der Waals surface area contributed by atoms with E-state index in [-0.39, 0.29) is 43.4 Å². The zero-order valence-corrected chi connectivity index (χ0v) is 43.1. The van der Waals surface area contributed by atoms with Gasteiger partial charge in [0.25, 0.3) is 0 Å². The van der Waals surface area contributed by atoms with Crippen LogP contribution in [-0.2, 0) is 46.4 Å². The van der Waals surface area contributed by atoms with E-state index < -0.39 is 65.9 Å². The Morgan fingerprint density at radius 3 is 1.45 bits per heavy atom. The Bertz CT molecular complexity index is 2070. The number of carbonyl (C=O) groups excluding carboxylic acids is 6.